The predicted molar refractivity (Wildman–Crippen MR) is 112 cm³/mol. The number of nitrogens with one attached hydrogen (secondary N) is 1. The van der Waals surface area contributed by atoms with Gasteiger partial charge in [-0.2, -0.15) is 15.1 Å². The van der Waals surface area contributed by atoms with Crippen LogP contribution in [0.5, 0.6) is 0 Å². The fraction of sp³-hybridized carbons (Fsp3) is 0. The highest BCUT2D eigenvalue weighted by atomic mass is 32.2. The second-order valence-electron chi connectivity index (χ2n) is 5.97. The molecular formula is C20H12N4OS2. The second kappa shape index (κ2) is 6.29. The summed E-state index contributed by atoms with van der Waals surface area (Å²) >= 11 is 2.89. The number of nitrogens with zero attached hydrogens (tertiary/aromatic N) is 3. The van der Waals surface area contributed by atoms with E-state index in [1.165, 1.54) is 16.8 Å². The number of amidine groups is 2. The first kappa shape index (κ1) is 16.2. The van der Waals surface area contributed by atoms with Crippen LogP contribution in [0, 0.1) is 5.41 Å². The van der Waals surface area contributed by atoms with Crippen molar-refractivity contribution in [2.75, 3.05) is 0 Å². The third-order valence-corrected chi connectivity index (χ3v) is 6.26. The number of thioether (sulfide) groups is 1. The fourth-order valence-electron chi connectivity index (χ4n) is 3.02. The summed E-state index contributed by atoms with van der Waals surface area (Å²) < 4.78 is 0. The van der Waals surface area contributed by atoms with Crippen LogP contribution in [0.4, 0.5) is 0 Å². The second-order valence-corrected chi connectivity index (χ2v) is 7.87. The van der Waals surface area contributed by atoms with Crippen LogP contribution in [0.15, 0.2) is 75.6 Å². The third kappa shape index (κ3) is 2.72. The van der Waals surface area contributed by atoms with Crippen molar-refractivity contribution in [1.29, 1.82) is 5.41 Å². The number of carbonyl (C=O) groups is 1. The van der Waals surface area contributed by atoms with Crippen LogP contribution >= 0.6 is 23.1 Å². The average Bonchev–Trinajstić information content (AvgIpc) is 3.35. The van der Waals surface area contributed by atoms with Crippen LogP contribution in [0.25, 0.3) is 16.8 Å². The van der Waals surface area contributed by atoms with Gasteiger partial charge in [0.05, 0.1) is 10.5 Å². The Balaban J connectivity index is 1.58. The molecule has 1 aromatic heterocycles. The molecule has 5 nitrogen and oxygen atoms in total. The van der Waals surface area contributed by atoms with E-state index >= 15 is 0 Å². The number of benzene rings is 2. The molecule has 0 bridgehead atoms. The molecule has 3 heterocycles. The average molecular weight is 388 g/mol. The van der Waals surface area contributed by atoms with E-state index in [4.69, 9.17) is 5.41 Å². The van der Waals surface area contributed by atoms with Gasteiger partial charge in [-0.1, -0.05) is 48.5 Å². The monoisotopic (exact) mass is 388 g/mol. The molecule has 1 N–H and O–H groups in total. The van der Waals surface area contributed by atoms with E-state index in [1.54, 1.807) is 17.4 Å². The largest absolute Gasteiger partial charge is 0.283 e. The van der Waals surface area contributed by atoms with Crippen molar-refractivity contribution >= 4 is 61.9 Å². The minimum absolute atomic E-state index is 0.0528. The highest BCUT2D eigenvalue weighted by Crippen LogP contribution is 2.32. The Bertz CT molecular complexity index is 1190. The molecule has 0 spiro atoms. The van der Waals surface area contributed by atoms with Crippen LogP contribution in [0.2, 0.25) is 0 Å². The number of rotatable bonds is 2. The van der Waals surface area contributed by atoms with E-state index in [2.05, 4.69) is 10.1 Å². The smallest absolute Gasteiger partial charge is 0.282 e. The molecule has 0 saturated heterocycles. The molecule has 2 aromatic carbocycles. The maximum Gasteiger partial charge on any atom is 0.283 e. The zero-order valence-electron chi connectivity index (χ0n) is 13.9. The highest BCUT2D eigenvalue weighted by molar-refractivity contribution is 8.27. The highest BCUT2D eigenvalue weighted by Gasteiger charge is 2.36. The molecule has 3 aromatic rings. The minimum atomic E-state index is -0.408. The molecule has 0 radical (unpaired) electrons. The van der Waals surface area contributed by atoms with E-state index in [-0.39, 0.29) is 11.4 Å². The molecule has 0 saturated carbocycles. The first-order valence-electron chi connectivity index (χ1n) is 8.22. The quantitative estimate of drug-likeness (QED) is 0.654. The predicted octanol–water partition coefficient (Wildman–Crippen LogP) is 4.57. The molecule has 5 rings (SSSR count). The van der Waals surface area contributed by atoms with Crippen LogP contribution in [-0.4, -0.2) is 27.0 Å². The van der Waals surface area contributed by atoms with Gasteiger partial charge in [0.2, 0.25) is 5.17 Å². The first-order valence-corrected chi connectivity index (χ1v) is 9.92. The van der Waals surface area contributed by atoms with E-state index in [1.807, 2.05) is 60.0 Å². The van der Waals surface area contributed by atoms with Gasteiger partial charge >= 0.3 is 0 Å². The van der Waals surface area contributed by atoms with Gasteiger partial charge in [-0.25, -0.2) is 0 Å². The first-order chi connectivity index (χ1) is 13.2. The molecule has 1 amide bonds. The molecule has 0 fully saturated rings. The number of thiophene rings is 1. The summed E-state index contributed by atoms with van der Waals surface area (Å²) in [6.45, 7) is 0. The van der Waals surface area contributed by atoms with E-state index in [9.17, 15) is 4.79 Å². The van der Waals surface area contributed by atoms with Crippen LogP contribution in [-0.2, 0) is 4.79 Å². The zero-order chi connectivity index (χ0) is 18.4. The Labute approximate surface area is 163 Å². The number of hydrogen-bond donors (Lipinski definition) is 1. The van der Waals surface area contributed by atoms with E-state index in [0.717, 1.165) is 26.3 Å². The summed E-state index contributed by atoms with van der Waals surface area (Å²) in [5.41, 5.74) is 1.13. The summed E-state index contributed by atoms with van der Waals surface area (Å²) in [4.78, 5) is 17.8. The standard InChI is InChI=1S/C20H12N4OS2/c21-17-15(11-13-7-3-6-12-5-1-2-8-14(12)13)18(25)22-20-24(17)23-19(27-20)16-9-4-10-26-16/h1-11,21H. The van der Waals surface area contributed by atoms with Crippen molar-refractivity contribution in [3.05, 3.63) is 76.0 Å². The van der Waals surface area contributed by atoms with Gasteiger partial charge in [-0.05, 0) is 45.6 Å². The van der Waals surface area contributed by atoms with Crippen LogP contribution in [0.1, 0.15) is 10.4 Å². The molecule has 0 unspecified atom stereocenters. The SMILES string of the molecule is N=C1C(=Cc2cccc3ccccc23)C(=O)N=C2SC(c3cccs3)=NN12. The summed E-state index contributed by atoms with van der Waals surface area (Å²) in [7, 11) is 0. The van der Waals surface area contributed by atoms with Gasteiger partial charge in [-0.15, -0.1) is 11.3 Å². The summed E-state index contributed by atoms with van der Waals surface area (Å²) in [5.74, 6) is -0.355. The molecule has 0 atom stereocenters. The zero-order valence-corrected chi connectivity index (χ0v) is 15.6. The summed E-state index contributed by atoms with van der Waals surface area (Å²) in [6, 6.07) is 17.8. The maximum absolute atomic E-state index is 12.6. The summed E-state index contributed by atoms with van der Waals surface area (Å²) in [6.07, 6.45) is 1.73. The van der Waals surface area contributed by atoms with Gasteiger partial charge in [0.15, 0.2) is 5.84 Å². The number of carbonyl (C=O) groups excluding carboxylic acids is 1. The van der Waals surface area contributed by atoms with E-state index in [0.29, 0.717) is 5.17 Å². The van der Waals surface area contributed by atoms with Crippen molar-refractivity contribution in [3.63, 3.8) is 0 Å². The van der Waals surface area contributed by atoms with Crippen molar-refractivity contribution in [3.8, 4) is 0 Å². The Morgan fingerprint density at radius 1 is 1.04 bits per heavy atom. The molecule has 130 valence electrons. The van der Waals surface area contributed by atoms with Gasteiger partial charge in [-0.3, -0.25) is 10.2 Å². The van der Waals surface area contributed by atoms with Crippen molar-refractivity contribution < 1.29 is 4.79 Å². The molecular weight excluding hydrogens is 376 g/mol. The number of amides is 1. The molecule has 7 heteroatoms. The Morgan fingerprint density at radius 3 is 2.74 bits per heavy atom. The van der Waals surface area contributed by atoms with Crippen molar-refractivity contribution in [2.24, 2.45) is 10.1 Å². The van der Waals surface area contributed by atoms with Crippen molar-refractivity contribution in [1.82, 2.24) is 5.01 Å². The lowest BCUT2D eigenvalue weighted by atomic mass is 10.0. The van der Waals surface area contributed by atoms with Crippen molar-refractivity contribution in [2.45, 2.75) is 0 Å². The van der Waals surface area contributed by atoms with Gasteiger partial charge in [0.1, 0.15) is 5.04 Å². The summed E-state index contributed by atoms with van der Waals surface area (Å²) in [5, 5.41) is 19.7. The number of aliphatic imine (C=N–C) groups is 1. The maximum atomic E-state index is 12.6. The number of hydrogen-bond acceptors (Lipinski definition) is 5. The third-order valence-electron chi connectivity index (χ3n) is 4.31. The van der Waals surface area contributed by atoms with E-state index < -0.39 is 5.91 Å². The lowest BCUT2D eigenvalue weighted by Gasteiger charge is -2.20. The Morgan fingerprint density at radius 2 is 1.89 bits per heavy atom. The van der Waals surface area contributed by atoms with Gasteiger partial charge in [0, 0.05) is 0 Å². The normalized spacial score (nSPS) is 18.1. The van der Waals surface area contributed by atoms with Gasteiger partial charge < -0.3 is 0 Å². The molecule has 2 aliphatic heterocycles. The Kier molecular flexibility index (Phi) is 3.77. The Hall–Kier alpha value is -3.03. The molecule has 27 heavy (non-hydrogen) atoms. The molecule has 0 aliphatic carbocycles. The lowest BCUT2D eigenvalue weighted by molar-refractivity contribution is -0.114. The molecule has 2 aliphatic rings. The van der Waals surface area contributed by atoms with Gasteiger partial charge in [0.25, 0.3) is 5.91 Å². The lowest BCUT2D eigenvalue weighted by Crippen LogP contribution is -2.35. The topological polar surface area (TPSA) is 68.9 Å². The number of fused-ring (bicyclic) bond motifs is 2. The minimum Gasteiger partial charge on any atom is -0.282 e. The fourth-order valence-corrected chi connectivity index (χ4v) is 4.71. The van der Waals surface area contributed by atoms with Crippen LogP contribution < -0.4 is 0 Å². The van der Waals surface area contributed by atoms with Crippen LogP contribution in [0.3, 0.4) is 0 Å². The number of hydrazone groups is 1.